The molecular weight excluding hydrogens is 228 g/mol. The number of hydrogen-bond donors (Lipinski definition) is 1. The van der Waals surface area contributed by atoms with Crippen molar-refractivity contribution in [3.05, 3.63) is 43.0 Å². The van der Waals surface area contributed by atoms with Crippen LogP contribution in [-0.4, -0.2) is 50.7 Å². The summed E-state index contributed by atoms with van der Waals surface area (Å²) in [5.41, 5.74) is 0. The third kappa shape index (κ3) is 7.53. The Labute approximate surface area is 115 Å². The predicted molar refractivity (Wildman–Crippen MR) is 60.7 cm³/mol. The van der Waals surface area contributed by atoms with E-state index in [0.717, 1.165) is 0 Å². The van der Waals surface area contributed by atoms with E-state index >= 15 is 0 Å². The van der Waals surface area contributed by atoms with Crippen molar-refractivity contribution in [2.75, 3.05) is 0 Å². The summed E-state index contributed by atoms with van der Waals surface area (Å²) in [5.74, 6) is 0. The third-order valence-corrected chi connectivity index (χ3v) is 1.91. The van der Waals surface area contributed by atoms with Crippen molar-refractivity contribution >= 4 is 47.9 Å². The Hall–Kier alpha value is 0.130. The molecule has 0 heterocycles. The van der Waals surface area contributed by atoms with E-state index in [-0.39, 0.29) is 42.6 Å². The fourth-order valence-corrected chi connectivity index (χ4v) is 1.09. The molecule has 1 aromatic rings. The molecule has 0 atom stereocenters. The zero-order valence-electron chi connectivity index (χ0n) is 7.34. The van der Waals surface area contributed by atoms with Gasteiger partial charge in [0.1, 0.15) is 0 Å². The zero-order valence-corrected chi connectivity index (χ0v) is 8.16. The van der Waals surface area contributed by atoms with Gasteiger partial charge >= 0.3 is 37.7 Å². The van der Waals surface area contributed by atoms with Gasteiger partial charge in [-0.25, -0.2) is 0 Å². The first-order chi connectivity index (χ1) is 6.02. The normalized spacial score (nSPS) is 9.00. The van der Waals surface area contributed by atoms with Crippen LogP contribution in [0.2, 0.25) is 0 Å². The Morgan fingerprint density at radius 1 is 1.29 bits per heavy atom. The van der Waals surface area contributed by atoms with Gasteiger partial charge < -0.3 is 0 Å². The van der Waals surface area contributed by atoms with Crippen LogP contribution in [0.25, 0.3) is 0 Å². The maximum atomic E-state index is 10.4. The fraction of sp³-hybridized carbons (Fsp3) is 0.111. The predicted octanol–water partition coefficient (Wildman–Crippen LogP) is 1.21. The van der Waals surface area contributed by atoms with E-state index in [9.17, 15) is 8.42 Å². The molecule has 0 fully saturated rings. The first-order valence-corrected chi connectivity index (χ1v) is 5.06. The van der Waals surface area contributed by atoms with Crippen LogP contribution >= 0.6 is 0 Å². The topological polar surface area (TPSA) is 54.4 Å². The van der Waals surface area contributed by atoms with Crippen molar-refractivity contribution < 1.29 is 13.0 Å². The third-order valence-electron chi connectivity index (χ3n) is 1.04. The van der Waals surface area contributed by atoms with Crippen molar-refractivity contribution in [3.8, 4) is 0 Å². The Balaban J connectivity index is 0. The molecule has 0 radical (unpaired) electrons. The maximum absolute atomic E-state index is 10.4. The molecule has 0 unspecified atom stereocenters. The van der Waals surface area contributed by atoms with Gasteiger partial charge in [-0.05, 0) is 19.1 Å². The summed E-state index contributed by atoms with van der Waals surface area (Å²) < 4.78 is 29.2. The van der Waals surface area contributed by atoms with Crippen LogP contribution in [-0.2, 0) is 10.1 Å². The molecule has 0 amide bonds. The Kier molecular flexibility index (Phi) is 9.98. The van der Waals surface area contributed by atoms with E-state index in [0.29, 0.717) is 0 Å². The fourth-order valence-electron chi connectivity index (χ4n) is 0.592. The van der Waals surface area contributed by atoms with Crippen molar-refractivity contribution in [2.24, 2.45) is 0 Å². The van der Waals surface area contributed by atoms with Crippen LogP contribution < -0.4 is 0 Å². The van der Waals surface area contributed by atoms with Crippen molar-refractivity contribution in [3.63, 3.8) is 0 Å². The number of rotatable bonds is 1. The van der Waals surface area contributed by atoms with Crippen molar-refractivity contribution in [1.29, 1.82) is 0 Å². The quantitative estimate of drug-likeness (QED) is 0.457. The number of hydrogen-bond acceptors (Lipinski definition) is 2. The van der Waals surface area contributed by atoms with Gasteiger partial charge in [-0.3, -0.25) is 4.55 Å². The molecule has 14 heavy (non-hydrogen) atoms. The molecule has 1 rings (SSSR count). The standard InChI is InChI=1S/C6H6O3S.C3H6.Ca.2H/c7-10(8,9)6-4-2-1-3-5-6;1-3-2;;;/h1-5H,(H,7,8,9);3H,1H2,2H3;;;. The molecular formula is C9H14CaO3S. The van der Waals surface area contributed by atoms with E-state index < -0.39 is 10.1 Å². The SMILES string of the molecule is C=CC.O=S(=O)(O)c1ccccc1.[CaH2]. The summed E-state index contributed by atoms with van der Waals surface area (Å²) in [6.07, 6.45) is 1.75. The second-order valence-electron chi connectivity index (χ2n) is 2.20. The number of allylic oxidation sites excluding steroid dienone is 1. The van der Waals surface area contributed by atoms with Crippen LogP contribution in [0.3, 0.4) is 0 Å². The molecule has 5 heteroatoms. The van der Waals surface area contributed by atoms with Crippen LogP contribution in [0.15, 0.2) is 47.9 Å². The molecule has 0 aromatic heterocycles. The molecule has 0 aliphatic heterocycles. The molecule has 0 spiro atoms. The van der Waals surface area contributed by atoms with Gasteiger partial charge in [-0.1, -0.05) is 24.3 Å². The van der Waals surface area contributed by atoms with Gasteiger partial charge in [0.2, 0.25) is 0 Å². The van der Waals surface area contributed by atoms with Gasteiger partial charge in [0.05, 0.1) is 4.90 Å². The summed E-state index contributed by atoms with van der Waals surface area (Å²) in [6.45, 7) is 5.25. The molecule has 1 aromatic carbocycles. The van der Waals surface area contributed by atoms with Crippen LogP contribution in [0.1, 0.15) is 6.92 Å². The van der Waals surface area contributed by atoms with Gasteiger partial charge in [-0.2, -0.15) is 8.42 Å². The Bertz CT molecular complexity index is 346. The Morgan fingerprint density at radius 3 is 1.86 bits per heavy atom. The van der Waals surface area contributed by atoms with Crippen LogP contribution in [0, 0.1) is 0 Å². The van der Waals surface area contributed by atoms with E-state index in [1.807, 2.05) is 6.92 Å². The van der Waals surface area contributed by atoms with E-state index in [4.69, 9.17) is 4.55 Å². The summed E-state index contributed by atoms with van der Waals surface area (Å²) in [7, 11) is -4.00. The first kappa shape index (κ1) is 16.6. The average molecular weight is 242 g/mol. The monoisotopic (exact) mass is 242 g/mol. The van der Waals surface area contributed by atoms with Gasteiger partial charge in [0.15, 0.2) is 0 Å². The van der Waals surface area contributed by atoms with E-state index in [1.54, 1.807) is 24.3 Å². The van der Waals surface area contributed by atoms with Crippen LogP contribution in [0.4, 0.5) is 0 Å². The molecule has 0 aliphatic rings. The molecule has 1 N–H and O–H groups in total. The van der Waals surface area contributed by atoms with Gasteiger partial charge in [-0.15, -0.1) is 6.58 Å². The van der Waals surface area contributed by atoms with E-state index in [1.165, 1.54) is 12.1 Å². The van der Waals surface area contributed by atoms with Crippen molar-refractivity contribution in [1.82, 2.24) is 0 Å². The average Bonchev–Trinajstić information content (AvgIpc) is 2.06. The Morgan fingerprint density at radius 2 is 1.64 bits per heavy atom. The molecule has 0 saturated heterocycles. The molecule has 0 aliphatic carbocycles. The minimum absolute atomic E-state index is 0. The van der Waals surface area contributed by atoms with Crippen molar-refractivity contribution in [2.45, 2.75) is 11.8 Å². The molecule has 3 nitrogen and oxygen atoms in total. The summed E-state index contributed by atoms with van der Waals surface area (Å²) in [4.78, 5) is -0.0741. The van der Waals surface area contributed by atoms with Crippen LogP contribution in [0.5, 0.6) is 0 Å². The van der Waals surface area contributed by atoms with Gasteiger partial charge in [0, 0.05) is 0 Å². The number of benzene rings is 1. The zero-order chi connectivity index (χ0) is 10.3. The van der Waals surface area contributed by atoms with Gasteiger partial charge in [0.25, 0.3) is 10.1 Å². The summed E-state index contributed by atoms with van der Waals surface area (Å²) >= 11 is 0. The summed E-state index contributed by atoms with van der Waals surface area (Å²) in [6, 6.07) is 7.42. The second-order valence-corrected chi connectivity index (χ2v) is 3.62. The molecule has 0 saturated carbocycles. The minimum atomic E-state index is -4.00. The molecule has 76 valence electrons. The summed E-state index contributed by atoms with van der Waals surface area (Å²) in [5, 5.41) is 0. The first-order valence-electron chi connectivity index (χ1n) is 3.62. The molecule has 0 bridgehead atoms. The second kappa shape index (κ2) is 8.44. The van der Waals surface area contributed by atoms with E-state index in [2.05, 4.69) is 6.58 Å².